The van der Waals surface area contributed by atoms with Crippen molar-refractivity contribution in [2.75, 3.05) is 23.3 Å². The van der Waals surface area contributed by atoms with Gasteiger partial charge in [0.2, 0.25) is 11.8 Å². The monoisotopic (exact) mass is 279 g/mol. The van der Waals surface area contributed by atoms with Crippen molar-refractivity contribution in [3.05, 3.63) is 23.8 Å². The molecule has 0 aromatic heterocycles. The molecule has 1 fully saturated rings. The van der Waals surface area contributed by atoms with E-state index in [1.807, 2.05) is 0 Å². The third-order valence-electron chi connectivity index (χ3n) is 2.79. The number of benzene rings is 1. The summed E-state index contributed by atoms with van der Waals surface area (Å²) in [5.41, 5.74) is 7.64. The average Bonchev–Trinajstić information content (AvgIpc) is 2.67. The van der Waals surface area contributed by atoms with E-state index in [1.54, 1.807) is 25.1 Å². The highest BCUT2D eigenvalue weighted by Crippen LogP contribution is 2.21. The van der Waals surface area contributed by atoms with E-state index in [9.17, 15) is 14.4 Å². The smallest absolute Gasteiger partial charge is 0.289 e. The number of thioether (sulfide) groups is 1. The Morgan fingerprint density at radius 1 is 1.47 bits per heavy atom. The van der Waals surface area contributed by atoms with Crippen LogP contribution in [0.15, 0.2) is 18.2 Å². The van der Waals surface area contributed by atoms with Gasteiger partial charge in [-0.25, -0.2) is 0 Å². The molecule has 100 valence electrons. The molecule has 0 spiro atoms. The van der Waals surface area contributed by atoms with Crippen LogP contribution in [0.1, 0.15) is 5.56 Å². The Labute approximate surface area is 114 Å². The number of carbonyl (C=O) groups is 3. The molecule has 3 N–H and O–H groups in total. The number of hydrogen-bond donors (Lipinski definition) is 2. The van der Waals surface area contributed by atoms with Gasteiger partial charge >= 0.3 is 0 Å². The Balaban J connectivity index is 2.04. The molecule has 19 heavy (non-hydrogen) atoms. The van der Waals surface area contributed by atoms with Gasteiger partial charge in [0.05, 0.1) is 5.75 Å². The normalized spacial score (nSPS) is 14.9. The number of nitrogens with two attached hydrogens (primary N) is 1. The lowest BCUT2D eigenvalue weighted by Crippen LogP contribution is -2.36. The summed E-state index contributed by atoms with van der Waals surface area (Å²) >= 11 is 0.905. The predicted molar refractivity (Wildman–Crippen MR) is 73.8 cm³/mol. The van der Waals surface area contributed by atoms with Gasteiger partial charge in [-0.15, -0.1) is 0 Å². The van der Waals surface area contributed by atoms with Crippen LogP contribution in [-0.4, -0.2) is 34.3 Å². The van der Waals surface area contributed by atoms with Gasteiger partial charge in [-0.2, -0.15) is 0 Å². The summed E-state index contributed by atoms with van der Waals surface area (Å²) in [6.07, 6.45) is 0. The second-order valence-electron chi connectivity index (χ2n) is 4.10. The first-order valence-electron chi connectivity index (χ1n) is 5.61. The summed E-state index contributed by atoms with van der Waals surface area (Å²) in [5.74, 6) is -0.656. The molecule has 0 radical (unpaired) electrons. The van der Waals surface area contributed by atoms with Gasteiger partial charge in [-0.1, -0.05) is 17.8 Å². The number of amides is 3. The first-order chi connectivity index (χ1) is 8.99. The summed E-state index contributed by atoms with van der Waals surface area (Å²) in [4.78, 5) is 35.5. The van der Waals surface area contributed by atoms with Crippen molar-refractivity contribution in [2.45, 2.75) is 6.92 Å². The van der Waals surface area contributed by atoms with Crippen LogP contribution in [0, 0.1) is 6.92 Å². The van der Waals surface area contributed by atoms with Gasteiger partial charge in [-0.05, 0) is 24.6 Å². The van der Waals surface area contributed by atoms with Gasteiger partial charge in [0.25, 0.3) is 5.24 Å². The molecule has 1 aliphatic heterocycles. The van der Waals surface area contributed by atoms with Crippen LogP contribution in [0.5, 0.6) is 0 Å². The molecule has 0 atom stereocenters. The molecular formula is C12H13N3O3S. The molecule has 1 saturated heterocycles. The van der Waals surface area contributed by atoms with E-state index in [0.29, 0.717) is 11.4 Å². The topological polar surface area (TPSA) is 92.5 Å². The largest absolute Gasteiger partial charge is 0.398 e. The van der Waals surface area contributed by atoms with E-state index >= 15 is 0 Å². The van der Waals surface area contributed by atoms with E-state index < -0.39 is 5.91 Å². The van der Waals surface area contributed by atoms with Crippen LogP contribution in [0.4, 0.5) is 16.2 Å². The zero-order valence-electron chi connectivity index (χ0n) is 10.3. The molecule has 2 rings (SSSR count). The van der Waals surface area contributed by atoms with Gasteiger partial charge in [0, 0.05) is 11.4 Å². The molecule has 0 saturated carbocycles. The Kier molecular flexibility index (Phi) is 3.75. The van der Waals surface area contributed by atoms with Crippen molar-refractivity contribution in [3.63, 3.8) is 0 Å². The summed E-state index contributed by atoms with van der Waals surface area (Å²) in [6.45, 7) is 1.52. The lowest BCUT2D eigenvalue weighted by atomic mass is 10.1. The van der Waals surface area contributed by atoms with Crippen molar-refractivity contribution >= 4 is 40.2 Å². The molecule has 1 aromatic carbocycles. The quantitative estimate of drug-likeness (QED) is 0.811. The van der Waals surface area contributed by atoms with Gasteiger partial charge in [0.1, 0.15) is 6.54 Å². The van der Waals surface area contributed by atoms with Gasteiger partial charge < -0.3 is 11.1 Å². The summed E-state index contributed by atoms with van der Waals surface area (Å²) in [6, 6.07) is 5.17. The van der Waals surface area contributed by atoms with Crippen molar-refractivity contribution in [2.24, 2.45) is 0 Å². The average molecular weight is 279 g/mol. The minimum Gasteiger partial charge on any atom is -0.398 e. The maximum atomic E-state index is 11.8. The molecule has 1 aliphatic rings. The number of anilines is 2. The highest BCUT2D eigenvalue weighted by atomic mass is 32.2. The first-order valence-corrected chi connectivity index (χ1v) is 6.59. The van der Waals surface area contributed by atoms with E-state index in [2.05, 4.69) is 5.32 Å². The van der Waals surface area contributed by atoms with Crippen molar-refractivity contribution in [1.82, 2.24) is 4.90 Å². The third-order valence-corrected chi connectivity index (χ3v) is 3.65. The molecular weight excluding hydrogens is 266 g/mol. The Morgan fingerprint density at radius 2 is 2.21 bits per heavy atom. The van der Waals surface area contributed by atoms with Crippen LogP contribution in [0.3, 0.4) is 0 Å². The SMILES string of the molecule is Cc1c(N)cccc1NC(=O)CN1C(=O)CSC1=O. The van der Waals surface area contributed by atoms with Gasteiger partial charge in [0.15, 0.2) is 0 Å². The standard InChI is InChI=1S/C12H13N3O3S/c1-7-8(13)3-2-4-9(7)14-10(16)5-15-11(17)6-19-12(15)18/h2-4H,5-6,13H2,1H3,(H,14,16). The summed E-state index contributed by atoms with van der Waals surface area (Å²) < 4.78 is 0. The first kappa shape index (κ1) is 13.4. The number of hydrogen-bond acceptors (Lipinski definition) is 5. The number of carbonyl (C=O) groups excluding carboxylic acids is 3. The highest BCUT2D eigenvalue weighted by Gasteiger charge is 2.31. The molecule has 0 aliphatic carbocycles. The molecule has 0 bridgehead atoms. The fourth-order valence-corrected chi connectivity index (χ4v) is 2.38. The Bertz CT molecular complexity index is 543. The Morgan fingerprint density at radius 3 is 2.84 bits per heavy atom. The fourth-order valence-electron chi connectivity index (χ4n) is 1.66. The summed E-state index contributed by atoms with van der Waals surface area (Å²) in [7, 11) is 0. The zero-order chi connectivity index (χ0) is 14.0. The van der Waals surface area contributed by atoms with Crippen LogP contribution in [0.2, 0.25) is 0 Å². The molecule has 0 unspecified atom stereocenters. The van der Waals surface area contributed by atoms with E-state index in [1.165, 1.54) is 0 Å². The van der Waals surface area contributed by atoms with Crippen LogP contribution < -0.4 is 11.1 Å². The van der Waals surface area contributed by atoms with E-state index in [0.717, 1.165) is 22.2 Å². The van der Waals surface area contributed by atoms with Crippen LogP contribution >= 0.6 is 11.8 Å². The number of nitrogens with zero attached hydrogens (tertiary/aromatic N) is 1. The van der Waals surface area contributed by atoms with Crippen molar-refractivity contribution in [1.29, 1.82) is 0 Å². The van der Waals surface area contributed by atoms with Crippen molar-refractivity contribution < 1.29 is 14.4 Å². The van der Waals surface area contributed by atoms with E-state index in [4.69, 9.17) is 5.73 Å². The number of nitrogen functional groups attached to an aromatic ring is 1. The lowest BCUT2D eigenvalue weighted by Gasteiger charge is -2.14. The summed E-state index contributed by atoms with van der Waals surface area (Å²) in [5, 5.41) is 2.26. The third kappa shape index (κ3) is 2.87. The second-order valence-corrected chi connectivity index (χ2v) is 5.03. The minimum absolute atomic E-state index is 0.101. The predicted octanol–water partition coefficient (Wildman–Crippen LogP) is 1.21. The van der Waals surface area contributed by atoms with Gasteiger partial charge in [-0.3, -0.25) is 19.3 Å². The lowest BCUT2D eigenvalue weighted by molar-refractivity contribution is -0.128. The molecule has 6 nitrogen and oxygen atoms in total. The maximum Gasteiger partial charge on any atom is 0.289 e. The zero-order valence-corrected chi connectivity index (χ0v) is 11.1. The molecule has 1 aromatic rings. The molecule has 3 amide bonds. The van der Waals surface area contributed by atoms with Crippen LogP contribution in [0.25, 0.3) is 0 Å². The maximum absolute atomic E-state index is 11.8. The van der Waals surface area contributed by atoms with Crippen LogP contribution in [-0.2, 0) is 9.59 Å². The van der Waals surface area contributed by atoms with Crippen molar-refractivity contribution in [3.8, 4) is 0 Å². The highest BCUT2D eigenvalue weighted by molar-refractivity contribution is 8.14. The van der Waals surface area contributed by atoms with E-state index in [-0.39, 0.29) is 23.4 Å². The number of imide groups is 1. The Hall–Kier alpha value is -2.02. The number of rotatable bonds is 3. The number of nitrogens with one attached hydrogen (secondary N) is 1. The molecule has 1 heterocycles. The fraction of sp³-hybridized carbons (Fsp3) is 0.250. The molecule has 7 heteroatoms. The second kappa shape index (κ2) is 5.31. The minimum atomic E-state index is -0.419.